The van der Waals surface area contributed by atoms with Crippen molar-refractivity contribution in [3.05, 3.63) is 0 Å². The summed E-state index contributed by atoms with van der Waals surface area (Å²) in [6, 6.07) is 0. The van der Waals surface area contributed by atoms with Crippen molar-refractivity contribution >= 4 is 39.8 Å². The van der Waals surface area contributed by atoms with Gasteiger partial charge in [0, 0.05) is 26.7 Å². The van der Waals surface area contributed by atoms with Crippen LogP contribution in [0.25, 0.3) is 0 Å². The van der Waals surface area contributed by atoms with E-state index >= 15 is 0 Å². The molecular formula is C18H38IN3O3S. The van der Waals surface area contributed by atoms with Crippen LogP contribution in [-0.2, 0) is 14.6 Å². The van der Waals surface area contributed by atoms with E-state index in [0.29, 0.717) is 24.5 Å². The number of aliphatic imine (C=N–C) groups is 1. The number of sulfone groups is 1. The van der Waals surface area contributed by atoms with Crippen LogP contribution >= 0.6 is 24.0 Å². The van der Waals surface area contributed by atoms with Gasteiger partial charge in [-0.1, -0.05) is 12.8 Å². The van der Waals surface area contributed by atoms with Crippen molar-refractivity contribution in [2.45, 2.75) is 70.7 Å². The fraction of sp³-hybridized carbons (Fsp3) is 0.944. The minimum Gasteiger partial charge on any atom is -0.378 e. The van der Waals surface area contributed by atoms with Crippen molar-refractivity contribution in [2.75, 3.05) is 32.5 Å². The Morgan fingerprint density at radius 3 is 2.27 bits per heavy atom. The van der Waals surface area contributed by atoms with E-state index in [2.05, 4.69) is 15.6 Å². The first kappa shape index (κ1) is 25.9. The second-order valence-electron chi connectivity index (χ2n) is 7.68. The summed E-state index contributed by atoms with van der Waals surface area (Å²) in [5.41, 5.74) is 0. The predicted octanol–water partition coefficient (Wildman–Crippen LogP) is 2.97. The van der Waals surface area contributed by atoms with Crippen LogP contribution in [0, 0.1) is 5.92 Å². The molecule has 0 radical (unpaired) electrons. The average Bonchev–Trinajstić information content (AvgIpc) is 3.05. The Balaban J connectivity index is 0.00000625. The molecule has 1 unspecified atom stereocenters. The van der Waals surface area contributed by atoms with Crippen LogP contribution in [0.4, 0.5) is 0 Å². The number of rotatable bonds is 9. The molecule has 0 heterocycles. The molecule has 1 fully saturated rings. The Morgan fingerprint density at radius 2 is 1.77 bits per heavy atom. The van der Waals surface area contributed by atoms with Gasteiger partial charge in [0.05, 0.1) is 16.6 Å². The van der Waals surface area contributed by atoms with E-state index in [1.165, 1.54) is 25.7 Å². The second-order valence-corrected chi connectivity index (χ2v) is 10.5. The molecule has 0 amide bonds. The molecule has 1 saturated carbocycles. The number of guanidine groups is 1. The van der Waals surface area contributed by atoms with Crippen molar-refractivity contribution < 1.29 is 13.2 Å². The Morgan fingerprint density at radius 1 is 1.19 bits per heavy atom. The van der Waals surface area contributed by atoms with Crippen molar-refractivity contribution in [1.29, 1.82) is 0 Å². The molecule has 2 N–H and O–H groups in total. The topological polar surface area (TPSA) is 79.8 Å². The van der Waals surface area contributed by atoms with E-state index in [4.69, 9.17) is 4.74 Å². The number of hydrogen-bond donors (Lipinski definition) is 2. The SMILES string of the molecule is CCOC(CCNC(=NC)NCCS(=O)(=O)C(C)(C)C)C1CCCC1.I. The van der Waals surface area contributed by atoms with E-state index in [-0.39, 0.29) is 29.7 Å². The Kier molecular flexibility index (Phi) is 12.3. The highest BCUT2D eigenvalue weighted by Crippen LogP contribution is 2.30. The van der Waals surface area contributed by atoms with Crippen LogP contribution in [0.2, 0.25) is 0 Å². The first-order valence-corrected chi connectivity index (χ1v) is 11.1. The first-order valence-electron chi connectivity index (χ1n) is 9.49. The van der Waals surface area contributed by atoms with Crippen LogP contribution in [0.3, 0.4) is 0 Å². The summed E-state index contributed by atoms with van der Waals surface area (Å²) in [6.07, 6.45) is 6.41. The average molecular weight is 503 g/mol. The molecule has 0 aromatic heterocycles. The summed E-state index contributed by atoms with van der Waals surface area (Å²) in [5.74, 6) is 1.42. The molecule has 26 heavy (non-hydrogen) atoms. The lowest BCUT2D eigenvalue weighted by Crippen LogP contribution is -2.42. The maximum Gasteiger partial charge on any atom is 0.191 e. The standard InChI is InChI=1S/C18H37N3O3S.HI/c1-6-24-16(15-9-7-8-10-15)11-12-20-17(19-5)21-13-14-25(22,23)18(2,3)4;/h15-16H,6-14H2,1-5H3,(H2,19,20,21);1H. The molecule has 0 bridgehead atoms. The maximum absolute atomic E-state index is 12.1. The molecule has 0 saturated heterocycles. The van der Waals surface area contributed by atoms with E-state index in [1.54, 1.807) is 27.8 Å². The molecule has 1 rings (SSSR count). The molecular weight excluding hydrogens is 465 g/mol. The molecule has 1 atom stereocenters. The predicted molar refractivity (Wildman–Crippen MR) is 120 cm³/mol. The van der Waals surface area contributed by atoms with Crippen molar-refractivity contribution in [3.63, 3.8) is 0 Å². The third-order valence-electron chi connectivity index (χ3n) is 4.85. The first-order chi connectivity index (χ1) is 11.7. The molecule has 156 valence electrons. The van der Waals surface area contributed by atoms with Crippen LogP contribution < -0.4 is 10.6 Å². The highest BCUT2D eigenvalue weighted by atomic mass is 127. The molecule has 0 aromatic carbocycles. The van der Waals surface area contributed by atoms with Crippen LogP contribution in [0.15, 0.2) is 4.99 Å². The number of nitrogens with zero attached hydrogens (tertiary/aromatic N) is 1. The van der Waals surface area contributed by atoms with Gasteiger partial charge < -0.3 is 15.4 Å². The molecule has 0 spiro atoms. The lowest BCUT2D eigenvalue weighted by Gasteiger charge is -2.24. The number of nitrogens with one attached hydrogen (secondary N) is 2. The van der Waals surface area contributed by atoms with E-state index in [1.807, 2.05) is 6.92 Å². The van der Waals surface area contributed by atoms with Gasteiger partial charge in [0.25, 0.3) is 0 Å². The zero-order valence-electron chi connectivity index (χ0n) is 17.0. The van der Waals surface area contributed by atoms with Crippen molar-refractivity contribution in [2.24, 2.45) is 10.9 Å². The zero-order chi connectivity index (χ0) is 18.9. The summed E-state index contributed by atoms with van der Waals surface area (Å²) in [5, 5.41) is 6.36. The highest BCUT2D eigenvalue weighted by molar-refractivity contribution is 14.0. The summed E-state index contributed by atoms with van der Waals surface area (Å²) < 4.78 is 29.5. The van der Waals surface area contributed by atoms with E-state index in [9.17, 15) is 8.42 Å². The molecule has 6 nitrogen and oxygen atoms in total. The molecule has 1 aliphatic rings. The normalized spacial score (nSPS) is 17.7. The summed E-state index contributed by atoms with van der Waals surface area (Å²) >= 11 is 0. The maximum atomic E-state index is 12.1. The second kappa shape index (κ2) is 12.4. The van der Waals surface area contributed by atoms with Crippen LogP contribution in [0.5, 0.6) is 0 Å². The fourth-order valence-electron chi connectivity index (χ4n) is 3.16. The fourth-order valence-corrected chi connectivity index (χ4v) is 4.14. The Hall–Kier alpha value is -0.0900. The van der Waals surface area contributed by atoms with Gasteiger partial charge >= 0.3 is 0 Å². The van der Waals surface area contributed by atoms with Gasteiger partial charge in [0.15, 0.2) is 15.8 Å². The number of hydrogen-bond acceptors (Lipinski definition) is 4. The van der Waals surface area contributed by atoms with Crippen molar-refractivity contribution in [1.82, 2.24) is 10.6 Å². The van der Waals surface area contributed by atoms with Gasteiger partial charge in [0.1, 0.15) is 0 Å². The van der Waals surface area contributed by atoms with Crippen molar-refractivity contribution in [3.8, 4) is 0 Å². The minimum atomic E-state index is -3.12. The van der Waals surface area contributed by atoms with E-state index in [0.717, 1.165) is 19.6 Å². The number of halogens is 1. The van der Waals surface area contributed by atoms with Crippen LogP contribution in [-0.4, -0.2) is 57.7 Å². The monoisotopic (exact) mass is 503 g/mol. The highest BCUT2D eigenvalue weighted by Gasteiger charge is 2.28. The molecule has 1 aliphatic carbocycles. The van der Waals surface area contributed by atoms with Gasteiger partial charge in [-0.3, -0.25) is 4.99 Å². The van der Waals surface area contributed by atoms with Gasteiger partial charge in [0.2, 0.25) is 0 Å². The van der Waals surface area contributed by atoms with Gasteiger partial charge in [-0.25, -0.2) is 8.42 Å². The third kappa shape index (κ3) is 8.73. The minimum absolute atomic E-state index is 0. The Labute approximate surface area is 177 Å². The summed E-state index contributed by atoms with van der Waals surface area (Å²) in [6.45, 7) is 9.11. The molecule has 0 aliphatic heterocycles. The third-order valence-corrected chi connectivity index (χ3v) is 7.46. The summed E-state index contributed by atoms with van der Waals surface area (Å²) in [7, 11) is -1.42. The molecule has 0 aromatic rings. The lowest BCUT2D eigenvalue weighted by molar-refractivity contribution is 0.0169. The van der Waals surface area contributed by atoms with E-state index < -0.39 is 14.6 Å². The molecule has 8 heteroatoms. The van der Waals surface area contributed by atoms with Crippen LogP contribution in [0.1, 0.15) is 59.8 Å². The van der Waals surface area contributed by atoms with Gasteiger partial charge in [-0.15, -0.1) is 24.0 Å². The number of ether oxygens (including phenoxy) is 1. The lowest BCUT2D eigenvalue weighted by atomic mass is 9.98. The quantitative estimate of drug-likeness (QED) is 0.287. The zero-order valence-corrected chi connectivity index (χ0v) is 20.2. The summed E-state index contributed by atoms with van der Waals surface area (Å²) in [4.78, 5) is 4.17. The van der Waals surface area contributed by atoms with Gasteiger partial charge in [-0.2, -0.15) is 0 Å². The smallest absolute Gasteiger partial charge is 0.191 e. The Bertz CT molecular complexity index is 512. The largest absolute Gasteiger partial charge is 0.378 e. The van der Waals surface area contributed by atoms with Gasteiger partial charge in [-0.05, 0) is 52.9 Å².